The highest BCUT2D eigenvalue weighted by Gasteiger charge is 2.11. The third-order valence-electron chi connectivity index (χ3n) is 3.25. The standard InChI is InChI=1S/C15H15ClN6O/c1-9-6-10(2)22-13(20-21-14(22)18-9)8-17-15(23)19-12-5-3-4-11(16)7-12/h3-7H,8H2,1-2H3,(H2,17,19,23). The van der Waals surface area contributed by atoms with Gasteiger partial charge in [-0.3, -0.25) is 4.40 Å². The molecule has 7 nitrogen and oxygen atoms in total. The number of rotatable bonds is 3. The first-order valence-corrected chi connectivity index (χ1v) is 7.39. The van der Waals surface area contributed by atoms with Crippen LogP contribution >= 0.6 is 11.6 Å². The molecule has 3 aromatic rings. The van der Waals surface area contributed by atoms with Crippen LogP contribution in [0.15, 0.2) is 30.3 Å². The number of aryl methyl sites for hydroxylation is 2. The quantitative estimate of drug-likeness (QED) is 0.773. The van der Waals surface area contributed by atoms with Crippen LogP contribution < -0.4 is 10.6 Å². The summed E-state index contributed by atoms with van der Waals surface area (Å²) in [7, 11) is 0. The lowest BCUT2D eigenvalue weighted by molar-refractivity contribution is 0.251. The molecule has 2 N–H and O–H groups in total. The predicted octanol–water partition coefficient (Wildman–Crippen LogP) is 2.72. The van der Waals surface area contributed by atoms with Crippen molar-refractivity contribution in [3.05, 3.63) is 52.6 Å². The second kappa shape index (κ2) is 6.21. The zero-order valence-corrected chi connectivity index (χ0v) is 13.4. The summed E-state index contributed by atoms with van der Waals surface area (Å²) in [5.41, 5.74) is 2.46. The highest BCUT2D eigenvalue weighted by Crippen LogP contribution is 2.14. The van der Waals surface area contributed by atoms with E-state index in [0.29, 0.717) is 22.3 Å². The van der Waals surface area contributed by atoms with Gasteiger partial charge < -0.3 is 10.6 Å². The average Bonchev–Trinajstić information content (AvgIpc) is 2.88. The van der Waals surface area contributed by atoms with E-state index >= 15 is 0 Å². The molecule has 0 aliphatic rings. The maximum atomic E-state index is 12.0. The van der Waals surface area contributed by atoms with E-state index in [4.69, 9.17) is 11.6 Å². The molecule has 0 bridgehead atoms. The van der Waals surface area contributed by atoms with Gasteiger partial charge in [0.2, 0.25) is 0 Å². The Morgan fingerprint density at radius 3 is 2.87 bits per heavy atom. The molecule has 2 amide bonds. The summed E-state index contributed by atoms with van der Waals surface area (Å²) in [6, 6.07) is 8.53. The predicted molar refractivity (Wildman–Crippen MR) is 87.6 cm³/mol. The van der Waals surface area contributed by atoms with Gasteiger partial charge in [0.1, 0.15) is 0 Å². The van der Waals surface area contributed by atoms with Gasteiger partial charge in [0, 0.05) is 22.1 Å². The molecule has 0 saturated heterocycles. The van der Waals surface area contributed by atoms with E-state index in [1.54, 1.807) is 24.3 Å². The number of aromatic nitrogens is 4. The second-order valence-electron chi connectivity index (χ2n) is 5.11. The third-order valence-corrected chi connectivity index (χ3v) is 3.48. The Hall–Kier alpha value is -2.67. The topological polar surface area (TPSA) is 84.2 Å². The van der Waals surface area contributed by atoms with E-state index in [0.717, 1.165) is 11.4 Å². The van der Waals surface area contributed by atoms with Gasteiger partial charge in [-0.15, -0.1) is 10.2 Å². The van der Waals surface area contributed by atoms with E-state index in [-0.39, 0.29) is 12.6 Å². The minimum atomic E-state index is -0.346. The minimum absolute atomic E-state index is 0.235. The number of hydrogen-bond acceptors (Lipinski definition) is 4. The molecule has 0 aliphatic carbocycles. The summed E-state index contributed by atoms with van der Waals surface area (Å²) < 4.78 is 1.81. The third kappa shape index (κ3) is 3.40. The summed E-state index contributed by atoms with van der Waals surface area (Å²) in [4.78, 5) is 16.3. The van der Waals surface area contributed by atoms with Crippen molar-refractivity contribution in [2.24, 2.45) is 0 Å². The van der Waals surface area contributed by atoms with Gasteiger partial charge in [0.15, 0.2) is 5.82 Å². The number of carbonyl (C=O) groups excluding carboxylic acids is 1. The van der Waals surface area contributed by atoms with E-state index in [9.17, 15) is 4.79 Å². The van der Waals surface area contributed by atoms with E-state index in [2.05, 4.69) is 25.8 Å². The fraction of sp³-hybridized carbons (Fsp3) is 0.200. The first-order valence-electron chi connectivity index (χ1n) is 7.01. The second-order valence-corrected chi connectivity index (χ2v) is 5.55. The molecule has 0 aliphatic heterocycles. The number of carbonyl (C=O) groups is 1. The Bertz CT molecular complexity index is 876. The van der Waals surface area contributed by atoms with Gasteiger partial charge in [-0.2, -0.15) is 0 Å². The zero-order chi connectivity index (χ0) is 16.4. The summed E-state index contributed by atoms with van der Waals surface area (Å²) in [6.45, 7) is 4.08. The summed E-state index contributed by atoms with van der Waals surface area (Å²) in [6.07, 6.45) is 0. The van der Waals surface area contributed by atoms with Crippen LogP contribution in [0.5, 0.6) is 0 Å². The summed E-state index contributed by atoms with van der Waals surface area (Å²) in [5, 5.41) is 14.1. The molecule has 0 spiro atoms. The van der Waals surface area contributed by atoms with Crippen LogP contribution in [0.1, 0.15) is 17.2 Å². The van der Waals surface area contributed by atoms with Gasteiger partial charge in [0.05, 0.1) is 6.54 Å². The number of amides is 2. The van der Waals surface area contributed by atoms with Crippen LogP contribution in [-0.2, 0) is 6.54 Å². The van der Waals surface area contributed by atoms with Crippen molar-refractivity contribution < 1.29 is 4.79 Å². The lowest BCUT2D eigenvalue weighted by Crippen LogP contribution is -2.29. The molecule has 0 unspecified atom stereocenters. The number of nitrogens with one attached hydrogen (secondary N) is 2. The zero-order valence-electron chi connectivity index (χ0n) is 12.7. The van der Waals surface area contributed by atoms with Gasteiger partial charge in [-0.1, -0.05) is 17.7 Å². The van der Waals surface area contributed by atoms with Crippen LogP contribution in [-0.4, -0.2) is 25.6 Å². The van der Waals surface area contributed by atoms with Crippen LogP contribution in [0.3, 0.4) is 0 Å². The van der Waals surface area contributed by atoms with Gasteiger partial charge in [0.25, 0.3) is 5.78 Å². The van der Waals surface area contributed by atoms with Crippen LogP contribution in [0.4, 0.5) is 10.5 Å². The molecular weight excluding hydrogens is 316 g/mol. The van der Waals surface area contributed by atoms with E-state index < -0.39 is 0 Å². The van der Waals surface area contributed by atoms with Crippen molar-refractivity contribution in [3.8, 4) is 0 Å². The fourth-order valence-corrected chi connectivity index (χ4v) is 2.50. The smallest absolute Gasteiger partial charge is 0.319 e. The largest absolute Gasteiger partial charge is 0.331 e. The van der Waals surface area contributed by atoms with Crippen molar-refractivity contribution in [2.75, 3.05) is 5.32 Å². The molecule has 8 heteroatoms. The van der Waals surface area contributed by atoms with Crippen molar-refractivity contribution in [2.45, 2.75) is 20.4 Å². The Kier molecular flexibility index (Phi) is 4.12. The van der Waals surface area contributed by atoms with Crippen LogP contribution in [0.25, 0.3) is 5.78 Å². The van der Waals surface area contributed by atoms with Crippen molar-refractivity contribution in [3.63, 3.8) is 0 Å². The summed E-state index contributed by atoms with van der Waals surface area (Å²) in [5.74, 6) is 1.14. The van der Waals surface area contributed by atoms with Gasteiger partial charge in [-0.25, -0.2) is 9.78 Å². The van der Waals surface area contributed by atoms with Crippen molar-refractivity contribution in [1.82, 2.24) is 24.9 Å². The maximum Gasteiger partial charge on any atom is 0.319 e. The lowest BCUT2D eigenvalue weighted by Gasteiger charge is -2.08. The number of benzene rings is 1. The molecule has 0 fully saturated rings. The SMILES string of the molecule is Cc1cc(C)n2c(CNC(=O)Nc3cccc(Cl)c3)nnc2n1. The van der Waals surface area contributed by atoms with Crippen LogP contribution in [0, 0.1) is 13.8 Å². The Labute approximate surface area is 137 Å². The van der Waals surface area contributed by atoms with Crippen molar-refractivity contribution in [1.29, 1.82) is 0 Å². The highest BCUT2D eigenvalue weighted by molar-refractivity contribution is 6.30. The molecule has 2 aromatic heterocycles. The molecule has 3 rings (SSSR count). The Morgan fingerprint density at radius 2 is 2.09 bits per heavy atom. The van der Waals surface area contributed by atoms with E-state index in [1.165, 1.54) is 0 Å². The lowest BCUT2D eigenvalue weighted by atomic mass is 10.3. The molecule has 0 radical (unpaired) electrons. The van der Waals surface area contributed by atoms with Crippen molar-refractivity contribution >= 4 is 29.1 Å². The molecule has 2 heterocycles. The molecule has 0 atom stereocenters. The monoisotopic (exact) mass is 330 g/mol. The highest BCUT2D eigenvalue weighted by atomic mass is 35.5. The number of fused-ring (bicyclic) bond motifs is 1. The molecule has 118 valence electrons. The fourth-order valence-electron chi connectivity index (χ4n) is 2.31. The Balaban J connectivity index is 1.70. The maximum absolute atomic E-state index is 12.0. The first kappa shape index (κ1) is 15.2. The summed E-state index contributed by atoms with van der Waals surface area (Å²) >= 11 is 5.88. The molecular formula is C15H15ClN6O. The average molecular weight is 331 g/mol. The minimum Gasteiger partial charge on any atom is -0.331 e. The molecule has 0 saturated carbocycles. The van der Waals surface area contributed by atoms with E-state index in [1.807, 2.05) is 24.3 Å². The van der Waals surface area contributed by atoms with Gasteiger partial charge >= 0.3 is 6.03 Å². The number of hydrogen-bond donors (Lipinski definition) is 2. The first-order chi connectivity index (χ1) is 11.0. The van der Waals surface area contributed by atoms with Crippen LogP contribution in [0.2, 0.25) is 5.02 Å². The number of nitrogens with zero attached hydrogens (tertiary/aromatic N) is 4. The Morgan fingerprint density at radius 1 is 1.26 bits per heavy atom. The molecule has 1 aromatic carbocycles. The van der Waals surface area contributed by atoms with Gasteiger partial charge in [-0.05, 0) is 38.1 Å². The normalized spacial score (nSPS) is 10.7. The molecule has 23 heavy (non-hydrogen) atoms. The number of urea groups is 1. The number of halogens is 1. The number of anilines is 1.